The maximum Gasteiger partial charge on any atom is 0.323 e. The lowest BCUT2D eigenvalue weighted by Gasteiger charge is -2.15. The minimum Gasteiger partial charge on any atom is -0.480 e. The van der Waals surface area contributed by atoms with Crippen LogP contribution in [0.3, 0.4) is 0 Å². The number of anilines is 1. The van der Waals surface area contributed by atoms with Gasteiger partial charge in [-0.05, 0) is 19.1 Å². The van der Waals surface area contributed by atoms with Crippen LogP contribution in [0.4, 0.5) is 5.69 Å². The lowest BCUT2D eigenvalue weighted by atomic mass is 10.2. The van der Waals surface area contributed by atoms with Gasteiger partial charge in [0.25, 0.3) is 0 Å². The summed E-state index contributed by atoms with van der Waals surface area (Å²) in [6.45, 7) is 1.79. The van der Waals surface area contributed by atoms with Crippen LogP contribution in [-0.2, 0) is 15.0 Å². The molecule has 92 valence electrons. The van der Waals surface area contributed by atoms with Crippen molar-refractivity contribution < 1.29 is 18.3 Å². The van der Waals surface area contributed by atoms with Crippen molar-refractivity contribution in [3.05, 3.63) is 29.8 Å². The smallest absolute Gasteiger partial charge is 0.323 e. The Labute approximate surface area is 99.0 Å². The zero-order chi connectivity index (χ0) is 12.6. The highest BCUT2D eigenvalue weighted by atomic mass is 32.2. The first-order valence-corrected chi connectivity index (χ1v) is 6.43. The summed E-state index contributed by atoms with van der Waals surface area (Å²) in [6, 6.07) is 5.76. The van der Waals surface area contributed by atoms with Gasteiger partial charge in [-0.1, -0.05) is 17.7 Å². The molecule has 0 radical (unpaired) electrons. The Balaban J connectivity index is 2.33. The number of nitrogens with zero attached hydrogens (tertiary/aromatic N) is 1. The second kappa shape index (κ2) is 4.01. The third-order valence-electron chi connectivity index (χ3n) is 2.55. The molecule has 1 aliphatic heterocycles. The van der Waals surface area contributed by atoms with Gasteiger partial charge in [0.2, 0.25) is 0 Å². The van der Waals surface area contributed by atoms with Crippen molar-refractivity contribution in [2.24, 2.45) is 0 Å². The van der Waals surface area contributed by atoms with Gasteiger partial charge in [-0.2, -0.15) is 13.1 Å². The highest BCUT2D eigenvalue weighted by Gasteiger charge is 2.39. The molecule has 0 aliphatic carbocycles. The van der Waals surface area contributed by atoms with E-state index in [2.05, 4.69) is 4.72 Å². The minimum atomic E-state index is -3.74. The molecule has 7 heteroatoms. The fourth-order valence-electron chi connectivity index (χ4n) is 1.63. The van der Waals surface area contributed by atoms with Gasteiger partial charge in [0.1, 0.15) is 6.04 Å². The van der Waals surface area contributed by atoms with Gasteiger partial charge in [-0.3, -0.25) is 9.10 Å². The number of aryl methyl sites for hydroxylation is 1. The summed E-state index contributed by atoms with van der Waals surface area (Å²) in [6.07, 6.45) is 0. The maximum atomic E-state index is 11.7. The summed E-state index contributed by atoms with van der Waals surface area (Å²) in [4.78, 5) is 10.8. The molecular formula is C10H12N2O4S. The average Bonchev–Trinajstić information content (AvgIpc) is 2.56. The molecule has 1 aliphatic rings. The van der Waals surface area contributed by atoms with E-state index in [-0.39, 0.29) is 6.54 Å². The standard InChI is InChI=1S/C10H12N2O4S/c1-7-2-4-8(5-3-7)12-6-9(10(13)14)11-17(12,15)16/h2-5,9,11H,6H2,1H3,(H,13,14). The van der Waals surface area contributed by atoms with Gasteiger partial charge in [0, 0.05) is 0 Å². The molecule has 1 saturated heterocycles. The van der Waals surface area contributed by atoms with Crippen LogP contribution in [0, 0.1) is 6.92 Å². The van der Waals surface area contributed by atoms with Crippen LogP contribution < -0.4 is 9.03 Å². The second-order valence-electron chi connectivity index (χ2n) is 3.88. The lowest BCUT2D eigenvalue weighted by Crippen LogP contribution is -2.34. The van der Waals surface area contributed by atoms with E-state index in [9.17, 15) is 13.2 Å². The molecular weight excluding hydrogens is 244 g/mol. The zero-order valence-corrected chi connectivity index (χ0v) is 9.94. The van der Waals surface area contributed by atoms with Crippen molar-refractivity contribution in [2.75, 3.05) is 10.8 Å². The van der Waals surface area contributed by atoms with Crippen molar-refractivity contribution in [1.29, 1.82) is 0 Å². The number of carbonyl (C=O) groups is 1. The van der Waals surface area contributed by atoms with E-state index in [1.54, 1.807) is 24.3 Å². The summed E-state index contributed by atoms with van der Waals surface area (Å²) < 4.78 is 26.6. The molecule has 0 spiro atoms. The Morgan fingerprint density at radius 3 is 2.47 bits per heavy atom. The van der Waals surface area contributed by atoms with E-state index >= 15 is 0 Å². The number of rotatable bonds is 2. The number of benzene rings is 1. The molecule has 6 nitrogen and oxygen atoms in total. The van der Waals surface area contributed by atoms with Crippen LogP contribution in [-0.4, -0.2) is 32.1 Å². The Hall–Kier alpha value is -1.60. The van der Waals surface area contributed by atoms with Crippen molar-refractivity contribution in [3.63, 3.8) is 0 Å². The highest BCUT2D eigenvalue weighted by Crippen LogP contribution is 2.22. The molecule has 0 bridgehead atoms. The van der Waals surface area contributed by atoms with Crippen LogP contribution in [0.25, 0.3) is 0 Å². The summed E-state index contributed by atoms with van der Waals surface area (Å²) in [5, 5.41) is 8.80. The van der Waals surface area contributed by atoms with E-state index in [4.69, 9.17) is 5.11 Å². The van der Waals surface area contributed by atoms with Crippen molar-refractivity contribution in [1.82, 2.24) is 4.72 Å². The maximum absolute atomic E-state index is 11.7. The van der Waals surface area contributed by atoms with E-state index in [1.807, 2.05) is 6.92 Å². The monoisotopic (exact) mass is 256 g/mol. The predicted octanol–water partition coefficient (Wildman–Crippen LogP) is 0.103. The first-order valence-electron chi connectivity index (χ1n) is 4.99. The SMILES string of the molecule is Cc1ccc(N2CC(C(=O)O)NS2(=O)=O)cc1. The first kappa shape index (κ1) is 11.9. The Bertz CT molecular complexity index is 538. The molecule has 1 aromatic carbocycles. The molecule has 1 heterocycles. The van der Waals surface area contributed by atoms with Crippen LogP contribution >= 0.6 is 0 Å². The summed E-state index contributed by atoms with van der Waals surface area (Å²) in [5.74, 6) is -1.18. The zero-order valence-electron chi connectivity index (χ0n) is 9.12. The summed E-state index contributed by atoms with van der Waals surface area (Å²) in [7, 11) is -3.74. The first-order chi connectivity index (χ1) is 7.90. The van der Waals surface area contributed by atoms with E-state index in [0.717, 1.165) is 9.87 Å². The lowest BCUT2D eigenvalue weighted by molar-refractivity contribution is -0.138. The predicted molar refractivity (Wildman–Crippen MR) is 62.0 cm³/mol. The molecule has 2 rings (SSSR count). The molecule has 1 fully saturated rings. The van der Waals surface area contributed by atoms with Crippen LogP contribution in [0.1, 0.15) is 5.56 Å². The number of aliphatic carboxylic acids is 1. The molecule has 1 aromatic rings. The van der Waals surface area contributed by atoms with Crippen LogP contribution in [0.2, 0.25) is 0 Å². The molecule has 0 saturated carbocycles. The minimum absolute atomic E-state index is 0.0965. The van der Waals surface area contributed by atoms with Gasteiger partial charge >= 0.3 is 16.2 Å². The number of nitrogens with one attached hydrogen (secondary N) is 1. The molecule has 0 amide bonds. The van der Waals surface area contributed by atoms with E-state index in [0.29, 0.717) is 5.69 Å². The molecule has 17 heavy (non-hydrogen) atoms. The van der Waals surface area contributed by atoms with Gasteiger partial charge in [0.05, 0.1) is 12.2 Å². The largest absolute Gasteiger partial charge is 0.480 e. The fraction of sp³-hybridized carbons (Fsp3) is 0.300. The second-order valence-corrected chi connectivity index (χ2v) is 5.51. The van der Waals surface area contributed by atoms with Crippen molar-refractivity contribution >= 4 is 21.9 Å². The molecule has 1 unspecified atom stereocenters. The van der Waals surface area contributed by atoms with Gasteiger partial charge in [-0.15, -0.1) is 0 Å². The number of hydrogen-bond donors (Lipinski definition) is 2. The van der Waals surface area contributed by atoms with Gasteiger partial charge in [0.15, 0.2) is 0 Å². The summed E-state index contributed by atoms with van der Waals surface area (Å²) in [5.41, 5.74) is 1.47. The number of carboxylic acids is 1. The Morgan fingerprint density at radius 1 is 1.41 bits per heavy atom. The van der Waals surface area contributed by atoms with Gasteiger partial charge < -0.3 is 5.11 Å². The number of hydrogen-bond acceptors (Lipinski definition) is 3. The normalized spacial score (nSPS) is 22.6. The molecule has 0 aromatic heterocycles. The van der Waals surface area contributed by atoms with Gasteiger partial charge in [-0.25, -0.2) is 0 Å². The van der Waals surface area contributed by atoms with Crippen molar-refractivity contribution in [3.8, 4) is 0 Å². The Morgan fingerprint density at radius 2 is 2.00 bits per heavy atom. The van der Waals surface area contributed by atoms with E-state index in [1.165, 1.54) is 0 Å². The average molecular weight is 256 g/mol. The van der Waals surface area contributed by atoms with Crippen LogP contribution in [0.5, 0.6) is 0 Å². The topological polar surface area (TPSA) is 86.7 Å². The highest BCUT2D eigenvalue weighted by molar-refractivity contribution is 7.91. The van der Waals surface area contributed by atoms with E-state index < -0.39 is 22.2 Å². The molecule has 2 N–H and O–H groups in total. The Kier molecular flexibility index (Phi) is 2.80. The third kappa shape index (κ3) is 2.25. The van der Waals surface area contributed by atoms with Crippen molar-refractivity contribution in [2.45, 2.75) is 13.0 Å². The third-order valence-corrected chi connectivity index (χ3v) is 4.07. The summed E-state index contributed by atoms with van der Waals surface area (Å²) >= 11 is 0. The quantitative estimate of drug-likeness (QED) is 0.786. The fourth-order valence-corrected chi connectivity index (χ4v) is 3.04. The van der Waals surface area contributed by atoms with Crippen LogP contribution in [0.15, 0.2) is 24.3 Å². The number of carboxylic acid groups (broad SMARTS) is 1. The molecule has 1 atom stereocenters.